The highest BCUT2D eigenvalue weighted by atomic mass is 32.2. The Morgan fingerprint density at radius 1 is 1.04 bits per heavy atom. The van der Waals surface area contributed by atoms with Crippen LogP contribution in [0, 0.1) is 18.8 Å². The minimum Gasteiger partial charge on any atom is -0.442 e. The van der Waals surface area contributed by atoms with Gasteiger partial charge in [-0.15, -0.1) is 11.3 Å². The van der Waals surface area contributed by atoms with Crippen molar-refractivity contribution in [1.82, 2.24) is 24.4 Å². The fraction of sp³-hybridized carbons (Fsp3) is 0.436. The zero-order valence-corrected chi connectivity index (χ0v) is 33.0. The molecule has 5 rings (SSSR count). The number of carbonyl (C=O) groups is 2. The largest absolute Gasteiger partial charge is 0.442 e. The number of hydrogen-bond acceptors (Lipinski definition) is 10. The number of aromatic nitrogens is 1. The molecule has 3 atom stereocenters. The number of aliphatic hydroxyl groups is 1. The summed E-state index contributed by atoms with van der Waals surface area (Å²) >= 11 is 1.52. The molecule has 2 N–H and O–H groups in total. The molecule has 3 heterocycles. The van der Waals surface area contributed by atoms with E-state index in [9.17, 15) is 23.1 Å². The van der Waals surface area contributed by atoms with E-state index in [0.717, 1.165) is 21.8 Å². The molecular weight excluding hydrogens is 729 g/mol. The molecule has 4 aromatic rings. The maximum absolute atomic E-state index is 14.1. The number of urea groups is 1. The molecule has 13 nitrogen and oxygen atoms in total. The van der Waals surface area contributed by atoms with Gasteiger partial charge in [0.05, 0.1) is 29.4 Å². The van der Waals surface area contributed by atoms with Crippen molar-refractivity contribution in [3.63, 3.8) is 0 Å². The predicted octanol–water partition coefficient (Wildman–Crippen LogP) is 5.29. The summed E-state index contributed by atoms with van der Waals surface area (Å²) in [6.07, 6.45) is 0.197. The Kier molecular flexibility index (Phi) is 14.0. The van der Waals surface area contributed by atoms with Gasteiger partial charge < -0.3 is 29.5 Å². The van der Waals surface area contributed by atoms with Crippen molar-refractivity contribution in [1.29, 1.82) is 0 Å². The lowest BCUT2D eigenvalue weighted by atomic mass is 9.97. The third-order valence-corrected chi connectivity index (χ3v) is 11.5. The number of sulfonamides is 1. The average molecular weight is 779 g/mol. The fourth-order valence-corrected chi connectivity index (χ4v) is 8.51. The van der Waals surface area contributed by atoms with E-state index in [0.29, 0.717) is 19.6 Å². The molecule has 1 aliphatic rings. The minimum atomic E-state index is -4.23. The second-order valence-corrected chi connectivity index (χ2v) is 17.1. The van der Waals surface area contributed by atoms with Crippen LogP contribution < -0.4 is 5.32 Å². The quantitative estimate of drug-likeness (QED) is 0.0961. The van der Waals surface area contributed by atoms with Crippen LogP contribution in [0.4, 0.5) is 4.79 Å². The third-order valence-electron chi connectivity index (χ3n) is 8.96. The number of nitrogens with zero attached hydrogens (tertiary/aromatic N) is 5. The van der Waals surface area contributed by atoms with Crippen molar-refractivity contribution < 1.29 is 32.4 Å². The summed E-state index contributed by atoms with van der Waals surface area (Å²) in [7, 11) is -4.23. The topological polar surface area (TPSA) is 158 Å². The fourth-order valence-electron chi connectivity index (χ4n) is 6.36. The second-order valence-electron chi connectivity index (χ2n) is 14.2. The molecule has 0 saturated carbocycles. The molecule has 1 saturated heterocycles. The summed E-state index contributed by atoms with van der Waals surface area (Å²) in [5, 5.41) is 21.3. The number of carbonyl (C=O) groups excluding carboxylic acids is 2. The standard InChI is InChI=1S/C39H50N6O7S2/c1-27(2)22-44(54(49,50)36-17-16-33(52-36)21-40-51-25-31-14-10-7-11-15-31)24-35(46)34(20-30-12-8-6-9-13-30)42-38(47)37(28(3)4)45-19-18-43(39(45)48)23-32-26-53-29(5)41-32/h6-17,21,26-28,34-35,37,46H,18-20,22-25H2,1-5H3,(H,42,47)/t34-,35-,37-/m0/s1. The van der Waals surface area contributed by atoms with E-state index in [-0.39, 0.29) is 54.8 Å². The van der Waals surface area contributed by atoms with Gasteiger partial charge in [0.2, 0.25) is 11.0 Å². The van der Waals surface area contributed by atoms with E-state index >= 15 is 0 Å². The molecule has 2 aromatic carbocycles. The van der Waals surface area contributed by atoms with E-state index in [4.69, 9.17) is 9.25 Å². The molecule has 15 heteroatoms. The van der Waals surface area contributed by atoms with Gasteiger partial charge in [0, 0.05) is 31.6 Å². The van der Waals surface area contributed by atoms with E-state index in [1.54, 1.807) is 9.80 Å². The normalized spacial score (nSPS) is 15.5. The SMILES string of the molecule is Cc1nc(CN2CCN([C@H](C(=O)N[C@@H](Cc3ccccc3)[C@@H](O)CN(CC(C)C)S(=O)(=O)c3ccc(C=NOCc4ccccc4)o3)C(C)C)C2=O)cs1. The molecular formula is C39H50N6O7S2. The zero-order valence-electron chi connectivity index (χ0n) is 31.4. The van der Waals surface area contributed by atoms with E-state index < -0.39 is 34.1 Å². The van der Waals surface area contributed by atoms with Gasteiger partial charge in [-0.05, 0) is 48.4 Å². The Hall–Kier alpha value is -4.57. The number of thiazole rings is 1. The number of nitrogens with one attached hydrogen (secondary N) is 1. The van der Waals surface area contributed by atoms with Crippen LogP contribution in [0.15, 0.2) is 92.8 Å². The Bertz CT molecular complexity index is 1950. The Morgan fingerprint density at radius 2 is 1.72 bits per heavy atom. The molecule has 0 radical (unpaired) electrons. The number of oxime groups is 1. The molecule has 0 unspecified atom stereocenters. The molecule has 1 fully saturated rings. The number of benzene rings is 2. The van der Waals surface area contributed by atoms with Crippen LogP contribution in [0.3, 0.4) is 0 Å². The van der Waals surface area contributed by atoms with Gasteiger partial charge in [0.15, 0.2) is 0 Å². The van der Waals surface area contributed by atoms with Crippen molar-refractivity contribution in [3.8, 4) is 0 Å². The third kappa shape index (κ3) is 10.8. The maximum atomic E-state index is 14.1. The molecule has 1 aliphatic heterocycles. The predicted molar refractivity (Wildman–Crippen MR) is 207 cm³/mol. The van der Waals surface area contributed by atoms with Crippen LogP contribution in [0.5, 0.6) is 0 Å². The van der Waals surface area contributed by atoms with Gasteiger partial charge in [-0.25, -0.2) is 18.2 Å². The van der Waals surface area contributed by atoms with Crippen LogP contribution >= 0.6 is 11.3 Å². The number of aryl methyl sites for hydroxylation is 1. The summed E-state index contributed by atoms with van der Waals surface area (Å²) in [6, 6.07) is 19.7. The van der Waals surface area contributed by atoms with Crippen molar-refractivity contribution >= 4 is 39.5 Å². The molecule has 0 spiro atoms. The number of amides is 3. The lowest BCUT2D eigenvalue weighted by Gasteiger charge is -2.34. The van der Waals surface area contributed by atoms with Crippen molar-refractivity contribution in [2.75, 3.05) is 26.2 Å². The van der Waals surface area contributed by atoms with E-state index in [1.165, 1.54) is 34.0 Å². The van der Waals surface area contributed by atoms with Crippen molar-refractivity contribution in [2.45, 2.75) is 77.5 Å². The Labute approximate surface area is 321 Å². The van der Waals surface area contributed by atoms with Crippen LogP contribution in [0.1, 0.15) is 55.3 Å². The average Bonchev–Trinajstić information content (AvgIpc) is 3.88. The van der Waals surface area contributed by atoms with Gasteiger partial charge in [-0.2, -0.15) is 4.31 Å². The van der Waals surface area contributed by atoms with Gasteiger partial charge in [0.25, 0.3) is 10.0 Å². The first-order valence-electron chi connectivity index (χ1n) is 18.1. The highest BCUT2D eigenvalue weighted by Gasteiger charge is 2.41. The second kappa shape index (κ2) is 18.7. The first kappa shape index (κ1) is 40.6. The molecule has 0 bridgehead atoms. The highest BCUT2D eigenvalue weighted by Crippen LogP contribution is 2.24. The van der Waals surface area contributed by atoms with E-state index in [2.05, 4.69) is 15.5 Å². The zero-order chi connectivity index (χ0) is 38.8. The van der Waals surface area contributed by atoms with Gasteiger partial charge in [0.1, 0.15) is 24.6 Å². The molecule has 3 amide bonds. The monoisotopic (exact) mass is 778 g/mol. The molecule has 0 aliphatic carbocycles. The lowest BCUT2D eigenvalue weighted by molar-refractivity contribution is -0.128. The lowest BCUT2D eigenvalue weighted by Crippen LogP contribution is -2.57. The maximum Gasteiger partial charge on any atom is 0.321 e. The molecule has 290 valence electrons. The first-order chi connectivity index (χ1) is 25.8. The van der Waals surface area contributed by atoms with E-state index in [1.807, 2.05) is 101 Å². The van der Waals surface area contributed by atoms with Gasteiger partial charge in [-0.3, -0.25) is 4.79 Å². The number of aliphatic hydroxyl groups excluding tert-OH is 1. The number of furan rings is 1. The first-order valence-corrected chi connectivity index (χ1v) is 20.4. The van der Waals surface area contributed by atoms with Gasteiger partial charge >= 0.3 is 6.03 Å². The summed E-state index contributed by atoms with van der Waals surface area (Å²) in [5.74, 6) is -0.591. The summed E-state index contributed by atoms with van der Waals surface area (Å²) < 4.78 is 34.9. The smallest absolute Gasteiger partial charge is 0.321 e. The number of rotatable bonds is 19. The summed E-state index contributed by atoms with van der Waals surface area (Å²) in [6.45, 7) is 10.6. The summed E-state index contributed by atoms with van der Waals surface area (Å²) in [5.41, 5.74) is 2.57. The van der Waals surface area contributed by atoms with Gasteiger partial charge in [-0.1, -0.05) is 93.5 Å². The number of hydrogen-bond donors (Lipinski definition) is 2. The molecule has 2 aromatic heterocycles. The Morgan fingerprint density at radius 3 is 2.35 bits per heavy atom. The highest BCUT2D eigenvalue weighted by molar-refractivity contribution is 7.89. The minimum absolute atomic E-state index is 0.0843. The van der Waals surface area contributed by atoms with Crippen LogP contribution in [-0.2, 0) is 39.2 Å². The van der Waals surface area contributed by atoms with Crippen LogP contribution in [-0.4, -0.2) is 95.1 Å². The van der Waals surface area contributed by atoms with Crippen LogP contribution in [0.2, 0.25) is 0 Å². The molecule has 54 heavy (non-hydrogen) atoms. The van der Waals surface area contributed by atoms with Crippen molar-refractivity contribution in [3.05, 3.63) is 106 Å². The van der Waals surface area contributed by atoms with Crippen LogP contribution in [0.25, 0.3) is 0 Å². The van der Waals surface area contributed by atoms with Crippen molar-refractivity contribution in [2.24, 2.45) is 17.0 Å². The summed E-state index contributed by atoms with van der Waals surface area (Å²) in [4.78, 5) is 40.8. The Balaban J connectivity index is 1.31.